The number of phenols is 1. The third-order valence-electron chi connectivity index (χ3n) is 4.77. The van der Waals surface area contributed by atoms with E-state index < -0.39 is 5.97 Å². The Bertz CT molecular complexity index is 1220. The lowest BCUT2D eigenvalue weighted by Gasteiger charge is -2.12. The third kappa shape index (κ3) is 2.89. The van der Waals surface area contributed by atoms with Crippen molar-refractivity contribution in [3.8, 4) is 11.4 Å². The zero-order valence-electron chi connectivity index (χ0n) is 15.3. The third-order valence-corrected chi connectivity index (χ3v) is 5.21. The van der Waals surface area contributed by atoms with Gasteiger partial charge >= 0.3 is 5.97 Å². The van der Waals surface area contributed by atoms with Crippen LogP contribution in [0.3, 0.4) is 0 Å². The Morgan fingerprint density at radius 2 is 1.68 bits per heavy atom. The Morgan fingerprint density at radius 1 is 1.04 bits per heavy atom. The fourth-order valence-electron chi connectivity index (χ4n) is 3.70. The number of nitrogens with zero attached hydrogens (tertiary/aromatic N) is 1. The minimum atomic E-state index is -0.438. The standard InChI is InChI=1S/C22H17Cl2NO3/c1-3-28-22(27)20-12(2)25(15-9-13(23)8-14(24)10-15)21-17-7-5-4-6-16(17)19(26)11-18(20)21/h4-11,26H,3H2,1-2H3. The number of carbonyl (C=O) groups is 1. The van der Waals surface area contributed by atoms with Crippen LogP contribution < -0.4 is 0 Å². The first-order valence-corrected chi connectivity index (χ1v) is 9.57. The summed E-state index contributed by atoms with van der Waals surface area (Å²) in [4.78, 5) is 12.7. The average Bonchev–Trinajstić information content (AvgIpc) is 2.93. The van der Waals surface area contributed by atoms with Gasteiger partial charge in [-0.05, 0) is 38.1 Å². The van der Waals surface area contributed by atoms with Gasteiger partial charge in [-0.2, -0.15) is 0 Å². The van der Waals surface area contributed by atoms with Crippen LogP contribution in [0.4, 0.5) is 0 Å². The molecule has 142 valence electrons. The summed E-state index contributed by atoms with van der Waals surface area (Å²) in [5.41, 5.74) is 2.61. The number of ether oxygens (including phenoxy) is 1. The predicted octanol–water partition coefficient (Wildman–Crippen LogP) is 6.28. The molecule has 0 aliphatic heterocycles. The highest BCUT2D eigenvalue weighted by molar-refractivity contribution is 6.35. The van der Waals surface area contributed by atoms with Gasteiger partial charge in [0, 0.05) is 37.6 Å². The number of benzene rings is 3. The predicted molar refractivity (Wildman–Crippen MR) is 113 cm³/mol. The van der Waals surface area contributed by atoms with Gasteiger partial charge in [-0.3, -0.25) is 0 Å². The second kappa shape index (κ2) is 7.04. The van der Waals surface area contributed by atoms with Crippen LogP contribution in [0.2, 0.25) is 10.0 Å². The molecule has 4 rings (SSSR count). The molecule has 0 saturated carbocycles. The molecule has 0 bridgehead atoms. The molecule has 1 heterocycles. The Labute approximate surface area is 171 Å². The summed E-state index contributed by atoms with van der Waals surface area (Å²) in [6.45, 7) is 3.86. The first kappa shape index (κ1) is 18.7. The molecule has 28 heavy (non-hydrogen) atoms. The first-order valence-electron chi connectivity index (χ1n) is 8.81. The van der Waals surface area contributed by atoms with Crippen molar-refractivity contribution in [3.63, 3.8) is 0 Å². The lowest BCUT2D eigenvalue weighted by atomic mass is 10.0. The lowest BCUT2D eigenvalue weighted by molar-refractivity contribution is 0.0527. The van der Waals surface area contributed by atoms with E-state index in [4.69, 9.17) is 27.9 Å². The van der Waals surface area contributed by atoms with E-state index in [-0.39, 0.29) is 12.4 Å². The summed E-state index contributed by atoms with van der Waals surface area (Å²) < 4.78 is 7.21. The number of esters is 1. The fourth-order valence-corrected chi connectivity index (χ4v) is 4.21. The molecule has 0 aliphatic carbocycles. The average molecular weight is 414 g/mol. The SMILES string of the molecule is CCOC(=O)c1c(C)n(-c2cc(Cl)cc(Cl)c2)c2c1cc(O)c1ccccc12. The first-order chi connectivity index (χ1) is 13.4. The van der Waals surface area contributed by atoms with Crippen LogP contribution in [0.25, 0.3) is 27.4 Å². The zero-order chi connectivity index (χ0) is 20.0. The van der Waals surface area contributed by atoms with Crippen LogP contribution in [0, 0.1) is 6.92 Å². The topological polar surface area (TPSA) is 51.5 Å². The highest BCUT2D eigenvalue weighted by atomic mass is 35.5. The zero-order valence-corrected chi connectivity index (χ0v) is 16.8. The van der Waals surface area contributed by atoms with Gasteiger partial charge in [0.1, 0.15) is 5.75 Å². The molecule has 1 aromatic heterocycles. The number of halogens is 2. The van der Waals surface area contributed by atoms with Crippen molar-refractivity contribution in [2.45, 2.75) is 13.8 Å². The molecule has 4 aromatic rings. The Balaban J connectivity index is 2.21. The van der Waals surface area contributed by atoms with Crippen LogP contribution >= 0.6 is 23.2 Å². The molecule has 4 nitrogen and oxygen atoms in total. The summed E-state index contributed by atoms with van der Waals surface area (Å²) >= 11 is 12.5. The van der Waals surface area contributed by atoms with Gasteiger partial charge in [-0.15, -0.1) is 0 Å². The van der Waals surface area contributed by atoms with Crippen molar-refractivity contribution < 1.29 is 14.6 Å². The molecule has 0 fully saturated rings. The number of fused-ring (bicyclic) bond motifs is 3. The van der Waals surface area contributed by atoms with Crippen molar-refractivity contribution >= 4 is 50.8 Å². The van der Waals surface area contributed by atoms with Crippen molar-refractivity contribution in [3.05, 3.63) is 69.8 Å². The van der Waals surface area contributed by atoms with E-state index in [0.717, 1.165) is 16.6 Å². The van der Waals surface area contributed by atoms with Gasteiger partial charge in [-0.1, -0.05) is 47.5 Å². The normalized spacial score (nSPS) is 11.3. The number of carbonyl (C=O) groups excluding carboxylic acids is 1. The molecular weight excluding hydrogens is 397 g/mol. The van der Waals surface area contributed by atoms with Crippen LogP contribution in [0.5, 0.6) is 5.75 Å². The molecule has 0 spiro atoms. The Morgan fingerprint density at radius 3 is 2.32 bits per heavy atom. The lowest BCUT2D eigenvalue weighted by Crippen LogP contribution is -2.07. The van der Waals surface area contributed by atoms with Gasteiger partial charge in [0.15, 0.2) is 0 Å². The Hall–Kier alpha value is -2.69. The van der Waals surface area contributed by atoms with Crippen LogP contribution in [0.15, 0.2) is 48.5 Å². The molecule has 6 heteroatoms. The summed E-state index contributed by atoms with van der Waals surface area (Å²) in [5.74, 6) is -0.332. The molecule has 0 saturated heterocycles. The van der Waals surface area contributed by atoms with Crippen molar-refractivity contribution in [2.75, 3.05) is 6.61 Å². The van der Waals surface area contributed by atoms with Gasteiger partial charge < -0.3 is 14.4 Å². The molecule has 3 aromatic carbocycles. The van der Waals surface area contributed by atoms with E-state index in [0.29, 0.717) is 32.1 Å². The largest absolute Gasteiger partial charge is 0.507 e. The molecule has 1 N–H and O–H groups in total. The van der Waals surface area contributed by atoms with E-state index in [1.165, 1.54) is 0 Å². The number of phenolic OH excluding ortho intramolecular Hbond substituents is 1. The minimum absolute atomic E-state index is 0.106. The van der Waals surface area contributed by atoms with E-state index in [1.807, 2.05) is 35.8 Å². The summed E-state index contributed by atoms with van der Waals surface area (Å²) in [5, 5.41) is 13.7. The molecule has 0 amide bonds. The highest BCUT2D eigenvalue weighted by Gasteiger charge is 2.24. The Kier molecular flexibility index (Phi) is 4.69. The van der Waals surface area contributed by atoms with Crippen LogP contribution in [-0.4, -0.2) is 22.2 Å². The maximum atomic E-state index is 12.7. The summed E-state index contributed by atoms with van der Waals surface area (Å²) in [7, 11) is 0. The quantitative estimate of drug-likeness (QED) is 0.402. The fraction of sp³-hybridized carbons (Fsp3) is 0.136. The van der Waals surface area contributed by atoms with Gasteiger partial charge in [0.2, 0.25) is 0 Å². The highest BCUT2D eigenvalue weighted by Crippen LogP contribution is 2.39. The second-order valence-corrected chi connectivity index (χ2v) is 7.35. The number of hydrogen-bond acceptors (Lipinski definition) is 3. The van der Waals surface area contributed by atoms with Crippen LogP contribution in [0.1, 0.15) is 23.0 Å². The van der Waals surface area contributed by atoms with Crippen LogP contribution in [-0.2, 0) is 4.74 Å². The van der Waals surface area contributed by atoms with Gasteiger partial charge in [0.05, 0.1) is 17.7 Å². The van der Waals surface area contributed by atoms with Gasteiger partial charge in [0.25, 0.3) is 0 Å². The number of rotatable bonds is 3. The maximum absolute atomic E-state index is 12.7. The number of aromatic hydroxyl groups is 1. The summed E-state index contributed by atoms with van der Waals surface area (Å²) in [6.07, 6.45) is 0. The molecule has 0 aliphatic rings. The molecular formula is C22H17Cl2NO3. The van der Waals surface area contributed by atoms with E-state index in [1.54, 1.807) is 31.2 Å². The van der Waals surface area contributed by atoms with Crippen molar-refractivity contribution in [1.29, 1.82) is 0 Å². The smallest absolute Gasteiger partial charge is 0.340 e. The van der Waals surface area contributed by atoms with Crippen molar-refractivity contribution in [2.24, 2.45) is 0 Å². The maximum Gasteiger partial charge on any atom is 0.340 e. The molecule has 0 atom stereocenters. The van der Waals surface area contributed by atoms with Crippen molar-refractivity contribution in [1.82, 2.24) is 4.57 Å². The molecule has 0 radical (unpaired) electrons. The van der Waals surface area contributed by atoms with E-state index in [2.05, 4.69) is 0 Å². The number of hydrogen-bond donors (Lipinski definition) is 1. The molecule has 0 unspecified atom stereocenters. The number of aromatic nitrogens is 1. The van der Waals surface area contributed by atoms with E-state index >= 15 is 0 Å². The monoisotopic (exact) mass is 413 g/mol. The second-order valence-electron chi connectivity index (χ2n) is 6.48. The summed E-state index contributed by atoms with van der Waals surface area (Å²) in [6, 6.07) is 14.3. The van der Waals surface area contributed by atoms with Gasteiger partial charge in [-0.25, -0.2) is 4.79 Å². The van der Waals surface area contributed by atoms with E-state index in [9.17, 15) is 9.90 Å². The minimum Gasteiger partial charge on any atom is -0.507 e.